The van der Waals surface area contributed by atoms with Gasteiger partial charge in [0.15, 0.2) is 0 Å². The van der Waals surface area contributed by atoms with Crippen LogP contribution in [-0.4, -0.2) is 29.2 Å². The average Bonchev–Trinajstić information content (AvgIpc) is 2.36. The van der Waals surface area contributed by atoms with E-state index in [0.717, 1.165) is 12.8 Å². The van der Waals surface area contributed by atoms with Gasteiger partial charge in [0.1, 0.15) is 6.04 Å². The van der Waals surface area contributed by atoms with Crippen molar-refractivity contribution in [2.24, 2.45) is 0 Å². The topological polar surface area (TPSA) is 78.4 Å². The van der Waals surface area contributed by atoms with Gasteiger partial charge in [-0.1, -0.05) is 30.3 Å². The molecule has 0 spiro atoms. The van der Waals surface area contributed by atoms with E-state index in [0.29, 0.717) is 0 Å². The molecule has 2 amide bonds. The van der Waals surface area contributed by atoms with Gasteiger partial charge in [-0.05, 0) is 32.3 Å². The van der Waals surface area contributed by atoms with Gasteiger partial charge in [0.2, 0.25) is 5.91 Å². The molecular weight excluding hydrogens is 244 g/mol. The minimum Gasteiger partial charge on any atom is -0.465 e. The summed E-state index contributed by atoms with van der Waals surface area (Å²) in [5.41, 5.74) is 1.22. The molecule has 1 aromatic rings. The molecule has 5 nitrogen and oxygen atoms in total. The van der Waals surface area contributed by atoms with Gasteiger partial charge in [0.05, 0.1) is 0 Å². The fourth-order valence-electron chi connectivity index (χ4n) is 1.72. The Morgan fingerprint density at radius 3 is 2.37 bits per heavy atom. The van der Waals surface area contributed by atoms with E-state index in [1.807, 2.05) is 37.3 Å². The number of carbonyl (C=O) groups is 2. The molecule has 5 heteroatoms. The van der Waals surface area contributed by atoms with Crippen molar-refractivity contribution in [1.82, 2.24) is 10.6 Å². The van der Waals surface area contributed by atoms with Crippen LogP contribution in [-0.2, 0) is 11.2 Å². The molecule has 0 aliphatic carbocycles. The van der Waals surface area contributed by atoms with Crippen LogP contribution in [0.1, 0.15) is 25.8 Å². The molecule has 0 saturated carbocycles. The predicted octanol–water partition coefficient (Wildman–Crippen LogP) is 1.78. The fraction of sp³-hybridized carbons (Fsp3) is 0.429. The third kappa shape index (κ3) is 5.90. The minimum atomic E-state index is -1.19. The Labute approximate surface area is 113 Å². The summed E-state index contributed by atoms with van der Waals surface area (Å²) in [4.78, 5) is 22.1. The molecule has 1 unspecified atom stereocenters. The van der Waals surface area contributed by atoms with Crippen LogP contribution in [0, 0.1) is 0 Å². The van der Waals surface area contributed by atoms with Crippen LogP contribution < -0.4 is 10.6 Å². The van der Waals surface area contributed by atoms with Gasteiger partial charge < -0.3 is 15.7 Å². The van der Waals surface area contributed by atoms with E-state index < -0.39 is 12.1 Å². The Bertz CT molecular complexity index is 420. The number of nitrogens with one attached hydrogen (secondary N) is 2. The lowest BCUT2D eigenvalue weighted by Crippen LogP contribution is -2.47. The van der Waals surface area contributed by atoms with Crippen molar-refractivity contribution in [2.45, 2.75) is 38.8 Å². The van der Waals surface area contributed by atoms with Crippen molar-refractivity contribution in [3.8, 4) is 0 Å². The van der Waals surface area contributed by atoms with Crippen molar-refractivity contribution >= 4 is 12.0 Å². The highest BCUT2D eigenvalue weighted by molar-refractivity contribution is 5.84. The van der Waals surface area contributed by atoms with Crippen LogP contribution in [0.2, 0.25) is 0 Å². The lowest BCUT2D eigenvalue weighted by atomic mass is 10.1. The second kappa shape index (κ2) is 7.41. The quantitative estimate of drug-likeness (QED) is 0.733. The van der Waals surface area contributed by atoms with Gasteiger partial charge in [-0.15, -0.1) is 0 Å². The molecular formula is C14H20N2O3. The smallest absolute Gasteiger partial charge is 0.405 e. The normalized spacial score (nSPS) is 13.4. The number of hydrogen-bond acceptors (Lipinski definition) is 2. The molecule has 104 valence electrons. The molecule has 2 atom stereocenters. The lowest BCUT2D eigenvalue weighted by Gasteiger charge is -2.17. The second-order valence-corrected chi connectivity index (χ2v) is 4.61. The van der Waals surface area contributed by atoms with Crippen LogP contribution in [0.25, 0.3) is 0 Å². The minimum absolute atomic E-state index is 0.00533. The first kappa shape index (κ1) is 15.0. The fourth-order valence-corrected chi connectivity index (χ4v) is 1.72. The Hall–Kier alpha value is -2.04. The summed E-state index contributed by atoms with van der Waals surface area (Å²) in [6, 6.07) is 9.29. The SMILES string of the molecule is CC(CCc1ccccc1)NC(=O)[C@@H](C)NC(=O)O. The Kier molecular flexibility index (Phi) is 5.85. The molecule has 1 aromatic carbocycles. The third-order valence-corrected chi connectivity index (χ3v) is 2.83. The maximum absolute atomic E-state index is 11.7. The van der Waals surface area contributed by atoms with Crippen molar-refractivity contribution in [3.63, 3.8) is 0 Å². The predicted molar refractivity (Wildman–Crippen MR) is 73.0 cm³/mol. The van der Waals surface area contributed by atoms with Crippen molar-refractivity contribution in [1.29, 1.82) is 0 Å². The highest BCUT2D eigenvalue weighted by atomic mass is 16.4. The van der Waals surface area contributed by atoms with E-state index in [2.05, 4.69) is 10.6 Å². The van der Waals surface area contributed by atoms with E-state index in [4.69, 9.17) is 5.11 Å². The number of aryl methyl sites for hydroxylation is 1. The van der Waals surface area contributed by atoms with Crippen LogP contribution in [0.15, 0.2) is 30.3 Å². The summed E-state index contributed by atoms with van der Waals surface area (Å²) in [6.45, 7) is 3.43. The van der Waals surface area contributed by atoms with Crippen LogP contribution in [0.3, 0.4) is 0 Å². The van der Waals surface area contributed by atoms with Gasteiger partial charge in [0.25, 0.3) is 0 Å². The maximum Gasteiger partial charge on any atom is 0.405 e. The monoisotopic (exact) mass is 264 g/mol. The molecule has 1 rings (SSSR count). The first-order valence-corrected chi connectivity index (χ1v) is 6.33. The Morgan fingerprint density at radius 2 is 1.79 bits per heavy atom. The molecule has 0 fully saturated rings. The summed E-state index contributed by atoms with van der Waals surface area (Å²) < 4.78 is 0. The first-order valence-electron chi connectivity index (χ1n) is 6.33. The standard InChI is InChI=1S/C14H20N2O3/c1-10(8-9-12-6-4-3-5-7-12)15-13(17)11(2)16-14(18)19/h3-7,10-11,16H,8-9H2,1-2H3,(H,15,17)(H,18,19)/t10?,11-/m1/s1. The third-order valence-electron chi connectivity index (χ3n) is 2.83. The molecule has 0 bridgehead atoms. The van der Waals surface area contributed by atoms with Gasteiger partial charge in [-0.25, -0.2) is 4.79 Å². The molecule has 0 aromatic heterocycles. The number of carboxylic acid groups (broad SMARTS) is 1. The van der Waals surface area contributed by atoms with Gasteiger partial charge in [-0.3, -0.25) is 4.79 Å². The largest absolute Gasteiger partial charge is 0.465 e. The number of benzene rings is 1. The molecule has 0 radical (unpaired) electrons. The van der Waals surface area contributed by atoms with Crippen molar-refractivity contribution in [3.05, 3.63) is 35.9 Å². The van der Waals surface area contributed by atoms with Gasteiger partial charge in [-0.2, -0.15) is 0 Å². The van der Waals surface area contributed by atoms with Gasteiger partial charge >= 0.3 is 6.09 Å². The van der Waals surface area contributed by atoms with Gasteiger partial charge in [0, 0.05) is 6.04 Å². The second-order valence-electron chi connectivity index (χ2n) is 4.61. The van der Waals surface area contributed by atoms with Crippen molar-refractivity contribution < 1.29 is 14.7 Å². The Morgan fingerprint density at radius 1 is 1.16 bits per heavy atom. The highest BCUT2D eigenvalue weighted by Crippen LogP contribution is 2.04. The molecule has 0 saturated heterocycles. The molecule has 0 aliphatic heterocycles. The molecule has 3 N–H and O–H groups in total. The van der Waals surface area contributed by atoms with E-state index in [9.17, 15) is 9.59 Å². The molecule has 0 heterocycles. The van der Waals surface area contributed by atoms with Crippen molar-refractivity contribution in [2.75, 3.05) is 0 Å². The summed E-state index contributed by atoms with van der Waals surface area (Å²) in [5, 5.41) is 13.4. The number of rotatable bonds is 6. The summed E-state index contributed by atoms with van der Waals surface area (Å²) >= 11 is 0. The zero-order valence-electron chi connectivity index (χ0n) is 11.2. The van der Waals surface area contributed by atoms with E-state index in [1.54, 1.807) is 0 Å². The zero-order chi connectivity index (χ0) is 14.3. The Balaban J connectivity index is 2.32. The lowest BCUT2D eigenvalue weighted by molar-refractivity contribution is -0.123. The van der Waals surface area contributed by atoms with E-state index >= 15 is 0 Å². The average molecular weight is 264 g/mol. The summed E-state index contributed by atoms with van der Waals surface area (Å²) in [5.74, 6) is -0.303. The summed E-state index contributed by atoms with van der Waals surface area (Å²) in [7, 11) is 0. The maximum atomic E-state index is 11.7. The van der Waals surface area contributed by atoms with Crippen LogP contribution in [0.4, 0.5) is 4.79 Å². The molecule has 0 aliphatic rings. The van der Waals surface area contributed by atoms with Crippen LogP contribution >= 0.6 is 0 Å². The van der Waals surface area contributed by atoms with E-state index in [-0.39, 0.29) is 11.9 Å². The summed E-state index contributed by atoms with van der Waals surface area (Å²) in [6.07, 6.45) is 0.498. The number of hydrogen-bond donors (Lipinski definition) is 3. The molecule has 19 heavy (non-hydrogen) atoms. The highest BCUT2D eigenvalue weighted by Gasteiger charge is 2.16. The van der Waals surface area contributed by atoms with Crippen LogP contribution in [0.5, 0.6) is 0 Å². The first-order chi connectivity index (χ1) is 8.99. The zero-order valence-corrected chi connectivity index (χ0v) is 11.2. The van der Waals surface area contributed by atoms with E-state index in [1.165, 1.54) is 12.5 Å². The number of amides is 2. The number of carbonyl (C=O) groups excluding carboxylic acids is 1.